The normalized spacial score (nSPS) is 19.2. The molecule has 0 unspecified atom stereocenters. The van der Waals surface area contributed by atoms with Gasteiger partial charge >= 0.3 is 5.97 Å². The van der Waals surface area contributed by atoms with Gasteiger partial charge in [-0.05, 0) is 38.4 Å². The summed E-state index contributed by atoms with van der Waals surface area (Å²) in [5.74, 6) is -0.906. The highest BCUT2D eigenvalue weighted by atomic mass is 32.1. The lowest BCUT2D eigenvalue weighted by molar-refractivity contribution is -0.139. The van der Waals surface area contributed by atoms with Gasteiger partial charge in [0.15, 0.2) is 0 Å². The second kappa shape index (κ2) is 7.97. The highest BCUT2D eigenvalue weighted by molar-refractivity contribution is 7.09. The summed E-state index contributed by atoms with van der Waals surface area (Å²) in [7, 11) is 0. The summed E-state index contributed by atoms with van der Waals surface area (Å²) >= 11 is 1.59. The number of hydrogen-bond donors (Lipinski definition) is 2. The van der Waals surface area contributed by atoms with E-state index in [9.17, 15) is 9.59 Å². The lowest BCUT2D eigenvalue weighted by Gasteiger charge is -2.42. The molecule has 6 nitrogen and oxygen atoms in total. The van der Waals surface area contributed by atoms with Gasteiger partial charge in [-0.3, -0.25) is 14.5 Å². The molecule has 1 fully saturated rings. The quantitative estimate of drug-likeness (QED) is 0.780. The lowest BCUT2D eigenvalue weighted by atomic mass is 9.85. The van der Waals surface area contributed by atoms with Crippen molar-refractivity contribution in [1.29, 1.82) is 0 Å². The number of carbonyl (C=O) groups is 2. The molecule has 138 valence electrons. The largest absolute Gasteiger partial charge is 0.480 e. The molecule has 0 spiro atoms. The van der Waals surface area contributed by atoms with Crippen LogP contribution < -0.4 is 5.32 Å². The first-order chi connectivity index (χ1) is 12.5. The number of likely N-dealkylation sites (N-methyl/N-ethyl adjacent to an activating group) is 1. The maximum absolute atomic E-state index is 12.5. The molecule has 0 saturated heterocycles. The van der Waals surface area contributed by atoms with Crippen molar-refractivity contribution in [1.82, 2.24) is 15.2 Å². The van der Waals surface area contributed by atoms with Gasteiger partial charge in [0.25, 0.3) is 5.91 Å². The van der Waals surface area contributed by atoms with E-state index in [0.29, 0.717) is 12.1 Å². The second-order valence-electron chi connectivity index (χ2n) is 6.59. The standard InChI is InChI=1S/C19H23N3O3S/c1-3-22(10-18(23)24)16-8-15(9-16)21-19(25)14-6-4-5-13(7-14)17-11-26-12(2)20-17/h4-7,11,15-16H,3,8-10H2,1-2H3,(H,21,25)(H,23,24). The van der Waals surface area contributed by atoms with Crippen molar-refractivity contribution in [3.8, 4) is 11.3 Å². The molecule has 2 N–H and O–H groups in total. The topological polar surface area (TPSA) is 82.5 Å². The molecule has 0 aliphatic heterocycles. The van der Waals surface area contributed by atoms with Crippen LogP contribution in [0.25, 0.3) is 11.3 Å². The number of rotatable bonds is 7. The smallest absolute Gasteiger partial charge is 0.317 e. The third kappa shape index (κ3) is 4.28. The Balaban J connectivity index is 1.57. The number of carboxylic acid groups (broad SMARTS) is 1. The van der Waals surface area contributed by atoms with Gasteiger partial charge in [-0.1, -0.05) is 19.1 Å². The first kappa shape index (κ1) is 18.5. The highest BCUT2D eigenvalue weighted by Crippen LogP contribution is 2.26. The average molecular weight is 373 g/mol. The Kier molecular flexibility index (Phi) is 5.68. The first-order valence-electron chi connectivity index (χ1n) is 8.75. The third-order valence-corrected chi connectivity index (χ3v) is 5.52. The van der Waals surface area contributed by atoms with Crippen LogP contribution in [0, 0.1) is 6.92 Å². The molecule has 2 aromatic rings. The SMILES string of the molecule is CCN(CC(=O)O)C1CC(NC(=O)c2cccc(-c3csc(C)n3)c2)C1. The van der Waals surface area contributed by atoms with E-state index in [1.165, 1.54) is 0 Å². The molecule has 1 aromatic carbocycles. The molecule has 7 heteroatoms. The third-order valence-electron chi connectivity index (χ3n) is 4.75. The van der Waals surface area contributed by atoms with Crippen LogP contribution in [0.1, 0.15) is 35.1 Å². The van der Waals surface area contributed by atoms with Crippen molar-refractivity contribution in [2.75, 3.05) is 13.1 Å². The van der Waals surface area contributed by atoms with Gasteiger partial charge in [0.2, 0.25) is 0 Å². The van der Waals surface area contributed by atoms with E-state index in [1.54, 1.807) is 17.4 Å². The molecule has 1 amide bonds. The van der Waals surface area contributed by atoms with Gasteiger partial charge in [-0.2, -0.15) is 0 Å². The van der Waals surface area contributed by atoms with Crippen LogP contribution in [0.2, 0.25) is 0 Å². The monoisotopic (exact) mass is 373 g/mol. The molecule has 0 radical (unpaired) electrons. The van der Waals surface area contributed by atoms with Crippen LogP contribution in [0.3, 0.4) is 0 Å². The average Bonchev–Trinajstić information content (AvgIpc) is 3.02. The van der Waals surface area contributed by atoms with E-state index < -0.39 is 5.97 Å². The van der Waals surface area contributed by atoms with E-state index >= 15 is 0 Å². The molecule has 26 heavy (non-hydrogen) atoms. The van der Waals surface area contributed by atoms with E-state index in [1.807, 2.05) is 42.3 Å². The maximum atomic E-state index is 12.5. The maximum Gasteiger partial charge on any atom is 0.317 e. The van der Waals surface area contributed by atoms with Crippen LogP contribution in [-0.4, -0.2) is 52.0 Å². The van der Waals surface area contributed by atoms with Crippen LogP contribution in [0.4, 0.5) is 0 Å². The fourth-order valence-corrected chi connectivity index (χ4v) is 3.88. The predicted octanol–water partition coefficient (Wildman–Crippen LogP) is 2.79. The zero-order valence-electron chi connectivity index (χ0n) is 14.9. The molecule has 1 saturated carbocycles. The summed E-state index contributed by atoms with van der Waals surface area (Å²) in [6, 6.07) is 7.81. The van der Waals surface area contributed by atoms with Crippen molar-refractivity contribution in [2.45, 2.75) is 38.8 Å². The summed E-state index contributed by atoms with van der Waals surface area (Å²) in [5.41, 5.74) is 2.44. The van der Waals surface area contributed by atoms with Gasteiger partial charge in [0, 0.05) is 28.6 Å². The fraction of sp³-hybridized carbons (Fsp3) is 0.421. The lowest BCUT2D eigenvalue weighted by Crippen LogP contribution is -2.54. The zero-order valence-corrected chi connectivity index (χ0v) is 15.8. The number of aromatic nitrogens is 1. The second-order valence-corrected chi connectivity index (χ2v) is 7.65. The number of carboxylic acids is 1. The van der Waals surface area contributed by atoms with Gasteiger partial charge in [-0.25, -0.2) is 4.98 Å². The summed E-state index contributed by atoms with van der Waals surface area (Å²) in [6.45, 7) is 4.67. The fourth-order valence-electron chi connectivity index (χ4n) is 3.26. The molecule has 0 bridgehead atoms. The molecule has 1 aromatic heterocycles. The van der Waals surface area contributed by atoms with Crippen LogP contribution in [-0.2, 0) is 4.79 Å². The number of thiazole rings is 1. The minimum Gasteiger partial charge on any atom is -0.480 e. The number of amides is 1. The molecule has 3 rings (SSSR count). The number of carbonyl (C=O) groups excluding carboxylic acids is 1. The summed E-state index contributed by atoms with van der Waals surface area (Å²) in [6.07, 6.45) is 1.58. The molecular formula is C19H23N3O3S. The Bertz CT molecular complexity index is 799. The number of benzene rings is 1. The van der Waals surface area contributed by atoms with E-state index in [4.69, 9.17) is 5.11 Å². The Morgan fingerprint density at radius 3 is 2.77 bits per heavy atom. The Morgan fingerprint density at radius 1 is 1.38 bits per heavy atom. The molecule has 1 aliphatic rings. The first-order valence-corrected chi connectivity index (χ1v) is 9.63. The van der Waals surface area contributed by atoms with Crippen molar-refractivity contribution in [3.05, 3.63) is 40.2 Å². The van der Waals surface area contributed by atoms with Gasteiger partial charge in [-0.15, -0.1) is 11.3 Å². The van der Waals surface area contributed by atoms with Crippen molar-refractivity contribution in [2.24, 2.45) is 0 Å². The van der Waals surface area contributed by atoms with Gasteiger partial charge in [0.05, 0.1) is 17.2 Å². The number of aliphatic carboxylic acids is 1. The van der Waals surface area contributed by atoms with Gasteiger partial charge < -0.3 is 10.4 Å². The molecule has 1 heterocycles. The minimum absolute atomic E-state index is 0.0525. The van der Waals surface area contributed by atoms with E-state index in [0.717, 1.165) is 29.1 Å². The Hall–Kier alpha value is -2.25. The van der Waals surface area contributed by atoms with Crippen molar-refractivity contribution >= 4 is 23.2 Å². The zero-order chi connectivity index (χ0) is 18.7. The van der Waals surface area contributed by atoms with Crippen LogP contribution >= 0.6 is 11.3 Å². The highest BCUT2D eigenvalue weighted by Gasteiger charge is 2.34. The predicted molar refractivity (Wildman–Crippen MR) is 101 cm³/mol. The van der Waals surface area contributed by atoms with E-state index in [-0.39, 0.29) is 24.5 Å². The molecule has 0 atom stereocenters. The summed E-state index contributed by atoms with van der Waals surface area (Å²) < 4.78 is 0. The number of nitrogens with zero attached hydrogens (tertiary/aromatic N) is 2. The summed E-state index contributed by atoms with van der Waals surface area (Å²) in [5, 5.41) is 15.0. The molecular weight excluding hydrogens is 350 g/mol. The van der Waals surface area contributed by atoms with Crippen LogP contribution in [0.5, 0.6) is 0 Å². The number of aryl methyl sites for hydroxylation is 1. The molecule has 1 aliphatic carbocycles. The van der Waals surface area contributed by atoms with Crippen molar-refractivity contribution < 1.29 is 14.7 Å². The van der Waals surface area contributed by atoms with E-state index in [2.05, 4.69) is 10.3 Å². The minimum atomic E-state index is -0.812. The number of hydrogen-bond acceptors (Lipinski definition) is 5. The Morgan fingerprint density at radius 2 is 2.15 bits per heavy atom. The van der Waals surface area contributed by atoms with Crippen LogP contribution in [0.15, 0.2) is 29.6 Å². The summed E-state index contributed by atoms with van der Waals surface area (Å²) in [4.78, 5) is 29.8. The van der Waals surface area contributed by atoms with Crippen molar-refractivity contribution in [3.63, 3.8) is 0 Å². The van der Waals surface area contributed by atoms with Gasteiger partial charge in [0.1, 0.15) is 0 Å². The Labute approximate surface area is 156 Å². The number of nitrogens with one attached hydrogen (secondary N) is 1.